The van der Waals surface area contributed by atoms with Gasteiger partial charge in [0.05, 0.1) is 30.9 Å². The Kier molecular flexibility index (Phi) is 4.56. The van der Waals surface area contributed by atoms with E-state index in [0.717, 1.165) is 28.6 Å². The third-order valence-corrected chi connectivity index (χ3v) is 4.29. The standard InChI is InChI=1S/C19H16F2N6O/c1-26-17-5-3-12(6-14(17)9-22-26)8-19(28)24-18-10-23-27(25-18)11-13-2-4-15(20)16(21)7-13/h2-7,9-10H,8,11H2,1H3,(H,24,25,28). The second-order valence-corrected chi connectivity index (χ2v) is 6.39. The molecule has 2 aromatic heterocycles. The zero-order chi connectivity index (χ0) is 19.7. The topological polar surface area (TPSA) is 77.6 Å². The molecule has 0 fully saturated rings. The Morgan fingerprint density at radius 3 is 2.68 bits per heavy atom. The molecule has 0 saturated carbocycles. The van der Waals surface area contributed by atoms with E-state index in [-0.39, 0.29) is 24.7 Å². The van der Waals surface area contributed by atoms with Crippen molar-refractivity contribution in [1.29, 1.82) is 0 Å². The number of benzene rings is 2. The number of nitrogens with zero attached hydrogens (tertiary/aromatic N) is 5. The molecule has 0 bridgehead atoms. The van der Waals surface area contributed by atoms with Crippen LogP contribution in [0.2, 0.25) is 0 Å². The van der Waals surface area contributed by atoms with Gasteiger partial charge in [-0.25, -0.2) is 8.78 Å². The highest BCUT2D eigenvalue weighted by Crippen LogP contribution is 2.16. The molecule has 0 radical (unpaired) electrons. The van der Waals surface area contributed by atoms with E-state index >= 15 is 0 Å². The van der Waals surface area contributed by atoms with E-state index in [1.165, 1.54) is 17.1 Å². The smallest absolute Gasteiger partial charge is 0.230 e. The molecular formula is C19H16F2N6O. The van der Waals surface area contributed by atoms with Crippen LogP contribution in [-0.4, -0.2) is 30.7 Å². The molecule has 0 aliphatic heterocycles. The summed E-state index contributed by atoms with van der Waals surface area (Å²) < 4.78 is 28.0. The lowest BCUT2D eigenvalue weighted by Crippen LogP contribution is -2.15. The summed E-state index contributed by atoms with van der Waals surface area (Å²) in [6.45, 7) is 0.157. The van der Waals surface area contributed by atoms with Crippen LogP contribution in [0.1, 0.15) is 11.1 Å². The second-order valence-electron chi connectivity index (χ2n) is 6.39. The average Bonchev–Trinajstić information content (AvgIpc) is 3.24. The minimum Gasteiger partial charge on any atom is -0.308 e. The SMILES string of the molecule is Cn1ncc2cc(CC(=O)Nc3cnn(Cc4ccc(F)c(F)c4)n3)ccc21. The summed E-state index contributed by atoms with van der Waals surface area (Å²) in [5, 5.41) is 16.0. The highest BCUT2D eigenvalue weighted by molar-refractivity contribution is 5.92. The van der Waals surface area contributed by atoms with Crippen molar-refractivity contribution in [2.24, 2.45) is 7.05 Å². The number of anilines is 1. The first-order valence-corrected chi connectivity index (χ1v) is 8.52. The van der Waals surface area contributed by atoms with Crippen LogP contribution in [0.4, 0.5) is 14.6 Å². The van der Waals surface area contributed by atoms with Crippen molar-refractivity contribution >= 4 is 22.6 Å². The first-order valence-electron chi connectivity index (χ1n) is 8.52. The number of amides is 1. The van der Waals surface area contributed by atoms with Gasteiger partial charge in [-0.1, -0.05) is 12.1 Å². The van der Waals surface area contributed by atoms with E-state index in [9.17, 15) is 13.6 Å². The molecule has 0 atom stereocenters. The van der Waals surface area contributed by atoms with Crippen molar-refractivity contribution < 1.29 is 13.6 Å². The second kappa shape index (κ2) is 7.18. The minimum atomic E-state index is -0.927. The predicted octanol–water partition coefficient (Wildman–Crippen LogP) is 2.67. The number of aromatic nitrogens is 5. The summed E-state index contributed by atoms with van der Waals surface area (Å²) in [5.74, 6) is -1.78. The van der Waals surface area contributed by atoms with E-state index < -0.39 is 11.6 Å². The number of hydrogen-bond acceptors (Lipinski definition) is 4. The van der Waals surface area contributed by atoms with Gasteiger partial charge < -0.3 is 5.32 Å². The average molecular weight is 382 g/mol. The number of carbonyl (C=O) groups is 1. The Balaban J connectivity index is 1.39. The van der Waals surface area contributed by atoms with Crippen LogP contribution in [0.3, 0.4) is 0 Å². The predicted molar refractivity (Wildman–Crippen MR) is 98.5 cm³/mol. The highest BCUT2D eigenvalue weighted by atomic mass is 19.2. The van der Waals surface area contributed by atoms with Crippen molar-refractivity contribution in [1.82, 2.24) is 24.8 Å². The van der Waals surface area contributed by atoms with Gasteiger partial charge in [0.15, 0.2) is 17.5 Å². The lowest BCUT2D eigenvalue weighted by Gasteiger charge is -2.03. The van der Waals surface area contributed by atoms with E-state index in [4.69, 9.17) is 0 Å². The van der Waals surface area contributed by atoms with E-state index in [0.29, 0.717) is 5.56 Å². The molecule has 2 aromatic carbocycles. The largest absolute Gasteiger partial charge is 0.308 e. The van der Waals surface area contributed by atoms with Crippen LogP contribution in [0.15, 0.2) is 48.8 Å². The Morgan fingerprint density at radius 1 is 1.04 bits per heavy atom. The molecule has 9 heteroatoms. The summed E-state index contributed by atoms with van der Waals surface area (Å²) in [5.41, 5.74) is 2.36. The van der Waals surface area contributed by atoms with Crippen LogP contribution in [0.25, 0.3) is 10.9 Å². The van der Waals surface area contributed by atoms with Gasteiger partial charge in [-0.15, -0.1) is 5.10 Å². The fraction of sp³-hybridized carbons (Fsp3) is 0.158. The number of halogens is 2. The maximum Gasteiger partial charge on any atom is 0.230 e. The number of aryl methyl sites for hydroxylation is 1. The first kappa shape index (κ1) is 17.8. The van der Waals surface area contributed by atoms with Crippen LogP contribution in [0.5, 0.6) is 0 Å². The van der Waals surface area contributed by atoms with Crippen molar-refractivity contribution in [2.45, 2.75) is 13.0 Å². The summed E-state index contributed by atoms with van der Waals surface area (Å²) in [7, 11) is 1.86. The first-order chi connectivity index (χ1) is 13.5. The number of rotatable bonds is 5. The maximum atomic E-state index is 13.3. The fourth-order valence-corrected chi connectivity index (χ4v) is 2.93. The van der Waals surface area contributed by atoms with Crippen LogP contribution in [0, 0.1) is 11.6 Å². The normalized spacial score (nSPS) is 11.1. The molecule has 0 unspecified atom stereocenters. The van der Waals surface area contributed by atoms with Gasteiger partial charge in [-0.2, -0.15) is 15.0 Å². The van der Waals surface area contributed by atoms with Crippen molar-refractivity contribution in [3.05, 3.63) is 71.6 Å². The fourth-order valence-electron chi connectivity index (χ4n) is 2.93. The van der Waals surface area contributed by atoms with Gasteiger partial charge in [0.2, 0.25) is 5.91 Å². The zero-order valence-corrected chi connectivity index (χ0v) is 14.9. The maximum absolute atomic E-state index is 13.3. The van der Waals surface area contributed by atoms with Gasteiger partial charge in [-0.05, 0) is 35.4 Å². The van der Waals surface area contributed by atoms with E-state index in [1.54, 1.807) is 10.9 Å². The third kappa shape index (κ3) is 3.73. The molecule has 1 amide bonds. The van der Waals surface area contributed by atoms with Crippen LogP contribution < -0.4 is 5.32 Å². The minimum absolute atomic E-state index is 0.157. The number of nitrogens with one attached hydrogen (secondary N) is 1. The third-order valence-electron chi connectivity index (χ3n) is 4.29. The van der Waals surface area contributed by atoms with Gasteiger partial charge in [0.25, 0.3) is 0 Å². The molecule has 4 aromatic rings. The molecule has 0 aliphatic rings. The molecule has 7 nitrogen and oxygen atoms in total. The Labute approximate surface area is 158 Å². The monoisotopic (exact) mass is 382 g/mol. The van der Waals surface area contributed by atoms with Crippen molar-refractivity contribution in [3.63, 3.8) is 0 Å². The summed E-state index contributed by atoms with van der Waals surface area (Å²) in [4.78, 5) is 13.6. The zero-order valence-electron chi connectivity index (χ0n) is 14.9. The summed E-state index contributed by atoms with van der Waals surface area (Å²) in [6.07, 6.45) is 3.34. The molecular weight excluding hydrogens is 366 g/mol. The Morgan fingerprint density at radius 2 is 1.86 bits per heavy atom. The van der Waals surface area contributed by atoms with Crippen molar-refractivity contribution in [3.8, 4) is 0 Å². The van der Waals surface area contributed by atoms with Gasteiger partial charge in [-0.3, -0.25) is 9.48 Å². The molecule has 0 saturated heterocycles. The number of fused-ring (bicyclic) bond motifs is 1. The van der Waals surface area contributed by atoms with Gasteiger partial charge in [0, 0.05) is 12.4 Å². The summed E-state index contributed by atoms with van der Waals surface area (Å²) in [6, 6.07) is 9.31. The molecule has 0 spiro atoms. The molecule has 2 heterocycles. The molecule has 4 rings (SSSR count). The summed E-state index contributed by atoms with van der Waals surface area (Å²) >= 11 is 0. The van der Waals surface area contributed by atoms with Gasteiger partial charge in [0.1, 0.15) is 0 Å². The van der Waals surface area contributed by atoms with Gasteiger partial charge >= 0.3 is 0 Å². The molecule has 0 aliphatic carbocycles. The highest BCUT2D eigenvalue weighted by Gasteiger charge is 2.10. The van der Waals surface area contributed by atoms with E-state index in [2.05, 4.69) is 20.6 Å². The number of hydrogen-bond donors (Lipinski definition) is 1. The van der Waals surface area contributed by atoms with Crippen molar-refractivity contribution in [2.75, 3.05) is 5.32 Å². The van der Waals surface area contributed by atoms with E-state index in [1.807, 2.05) is 25.2 Å². The Bertz CT molecular complexity index is 1170. The Hall–Kier alpha value is -3.62. The lowest BCUT2D eigenvalue weighted by atomic mass is 10.1. The number of carbonyl (C=O) groups excluding carboxylic acids is 1. The molecule has 1 N–H and O–H groups in total. The lowest BCUT2D eigenvalue weighted by molar-refractivity contribution is -0.115. The van der Waals surface area contributed by atoms with Crippen LogP contribution in [-0.2, 0) is 24.8 Å². The quantitative estimate of drug-likeness (QED) is 0.576. The van der Waals surface area contributed by atoms with Crippen LogP contribution >= 0.6 is 0 Å². The molecule has 142 valence electrons. The molecule has 28 heavy (non-hydrogen) atoms.